The molecule has 2 rings (SSSR count). The lowest BCUT2D eigenvalue weighted by atomic mass is 10.5. The van der Waals surface area contributed by atoms with Crippen LogP contribution in [0, 0.1) is 0 Å². The average Bonchev–Trinajstić information content (AvgIpc) is 2.67. The van der Waals surface area contributed by atoms with Crippen LogP contribution in [0.2, 0.25) is 0 Å². The van der Waals surface area contributed by atoms with Gasteiger partial charge in [-0.3, -0.25) is 4.72 Å². The molecule has 0 unspecified atom stereocenters. The maximum Gasteiger partial charge on any atom is 0.0418 e. The molecule has 0 aromatic carbocycles. The van der Waals surface area contributed by atoms with Crippen molar-refractivity contribution in [2.45, 2.75) is 6.42 Å². The van der Waals surface area contributed by atoms with E-state index in [0.29, 0.717) is 0 Å². The van der Waals surface area contributed by atoms with Crippen LogP contribution in [-0.2, 0) is 0 Å². The van der Waals surface area contributed by atoms with Crippen LogP contribution in [0.4, 0.5) is 0 Å². The molecule has 0 atom stereocenters. The first-order chi connectivity index (χ1) is 5.00. The molecule has 0 amide bonds. The van der Waals surface area contributed by atoms with Gasteiger partial charge in [0.05, 0.1) is 0 Å². The maximum absolute atomic E-state index is 3.19. The third-order valence-electron chi connectivity index (χ3n) is 1.25. The van der Waals surface area contributed by atoms with E-state index in [2.05, 4.69) is 10.0 Å². The molecule has 0 radical (unpaired) electrons. The Morgan fingerprint density at radius 2 is 2.10 bits per heavy atom. The number of thioether (sulfide) groups is 1. The first kappa shape index (κ1) is 8.71. The summed E-state index contributed by atoms with van der Waals surface area (Å²) >= 11 is 3.79. The lowest BCUT2D eigenvalue weighted by molar-refractivity contribution is 0.885. The van der Waals surface area contributed by atoms with Gasteiger partial charge in [-0.25, -0.2) is 0 Å². The molecule has 0 aromatic rings. The number of rotatable bonds is 0. The summed E-state index contributed by atoms with van der Waals surface area (Å²) in [6.45, 7) is 2.43. The van der Waals surface area contributed by atoms with Crippen LogP contribution < -0.4 is 10.0 Å². The first-order valence-electron chi connectivity index (χ1n) is 3.63. The summed E-state index contributed by atoms with van der Waals surface area (Å²) in [6, 6.07) is 0. The van der Waals surface area contributed by atoms with Gasteiger partial charge in [0.2, 0.25) is 0 Å². The molecule has 2 saturated heterocycles. The Morgan fingerprint density at radius 1 is 1.10 bits per heavy atom. The van der Waals surface area contributed by atoms with Crippen LogP contribution in [0.15, 0.2) is 0 Å². The lowest BCUT2D eigenvalue weighted by Crippen LogP contribution is -2.04. The minimum absolute atomic E-state index is 1.17. The Kier molecular flexibility index (Phi) is 5.52. The van der Waals surface area contributed by atoms with Gasteiger partial charge < -0.3 is 5.32 Å². The monoisotopic (exact) mass is 178 g/mol. The fraction of sp³-hybridized carbons (Fsp3) is 1.00. The SMILES string of the molecule is C1CNSC1.C1CSCN1. The topological polar surface area (TPSA) is 24.1 Å². The molecule has 2 heterocycles. The molecule has 2 N–H and O–H groups in total. The van der Waals surface area contributed by atoms with Crippen molar-refractivity contribution in [1.82, 2.24) is 10.0 Å². The van der Waals surface area contributed by atoms with Gasteiger partial charge in [-0.1, -0.05) is 11.9 Å². The summed E-state index contributed by atoms with van der Waals surface area (Å²) in [6.07, 6.45) is 1.35. The highest BCUT2D eigenvalue weighted by atomic mass is 32.2. The Morgan fingerprint density at radius 3 is 2.30 bits per heavy atom. The van der Waals surface area contributed by atoms with E-state index in [9.17, 15) is 0 Å². The molecular formula is C6H14N2S2. The average molecular weight is 178 g/mol. The molecule has 2 nitrogen and oxygen atoms in total. The largest absolute Gasteiger partial charge is 0.307 e. The van der Waals surface area contributed by atoms with E-state index in [0.717, 1.165) is 0 Å². The molecule has 0 spiro atoms. The van der Waals surface area contributed by atoms with Crippen LogP contribution in [0.5, 0.6) is 0 Å². The summed E-state index contributed by atoms with van der Waals surface area (Å²) in [5, 5.41) is 3.19. The van der Waals surface area contributed by atoms with Crippen molar-refractivity contribution in [3.63, 3.8) is 0 Å². The summed E-state index contributed by atoms with van der Waals surface area (Å²) in [5.41, 5.74) is 0. The van der Waals surface area contributed by atoms with Crippen LogP contribution in [0.3, 0.4) is 0 Å². The van der Waals surface area contributed by atoms with Crippen LogP contribution in [0.1, 0.15) is 6.42 Å². The Balaban J connectivity index is 0.0000001000. The normalized spacial score (nSPS) is 24.0. The number of nitrogens with one attached hydrogen (secondary N) is 2. The molecule has 60 valence electrons. The highest BCUT2D eigenvalue weighted by Gasteiger charge is 1.94. The molecule has 2 fully saturated rings. The van der Waals surface area contributed by atoms with Gasteiger partial charge in [-0.2, -0.15) is 0 Å². The minimum Gasteiger partial charge on any atom is -0.307 e. The molecule has 0 bridgehead atoms. The van der Waals surface area contributed by atoms with Crippen molar-refractivity contribution in [1.29, 1.82) is 0 Å². The van der Waals surface area contributed by atoms with Gasteiger partial charge in [0.15, 0.2) is 0 Å². The summed E-state index contributed by atoms with van der Waals surface area (Å²) < 4.78 is 3.14. The van der Waals surface area contributed by atoms with Crippen molar-refractivity contribution < 1.29 is 0 Å². The summed E-state index contributed by atoms with van der Waals surface area (Å²) in [7, 11) is 0. The van der Waals surface area contributed by atoms with Gasteiger partial charge in [0, 0.05) is 30.5 Å². The van der Waals surface area contributed by atoms with Gasteiger partial charge >= 0.3 is 0 Å². The lowest BCUT2D eigenvalue weighted by Gasteiger charge is -1.75. The van der Waals surface area contributed by atoms with E-state index in [1.807, 2.05) is 23.7 Å². The molecule has 0 saturated carbocycles. The Bertz CT molecular complexity index is 46.9. The van der Waals surface area contributed by atoms with E-state index in [4.69, 9.17) is 0 Å². The smallest absolute Gasteiger partial charge is 0.0418 e. The molecule has 2 aliphatic rings. The second kappa shape index (κ2) is 6.34. The molecule has 10 heavy (non-hydrogen) atoms. The van der Waals surface area contributed by atoms with Crippen LogP contribution in [-0.4, -0.2) is 30.5 Å². The number of hydrogen-bond donors (Lipinski definition) is 2. The van der Waals surface area contributed by atoms with Crippen molar-refractivity contribution >= 4 is 23.7 Å². The van der Waals surface area contributed by atoms with Crippen molar-refractivity contribution in [3.05, 3.63) is 0 Å². The molecule has 4 heteroatoms. The van der Waals surface area contributed by atoms with Crippen LogP contribution in [0.25, 0.3) is 0 Å². The van der Waals surface area contributed by atoms with Gasteiger partial charge in [0.25, 0.3) is 0 Å². The molecule has 2 aliphatic heterocycles. The van der Waals surface area contributed by atoms with E-state index in [-0.39, 0.29) is 0 Å². The molecular weight excluding hydrogens is 164 g/mol. The fourth-order valence-corrected chi connectivity index (χ4v) is 2.17. The third kappa shape index (κ3) is 4.44. The van der Waals surface area contributed by atoms with E-state index < -0.39 is 0 Å². The van der Waals surface area contributed by atoms with Crippen LogP contribution >= 0.6 is 23.7 Å². The zero-order valence-electron chi connectivity index (χ0n) is 6.06. The van der Waals surface area contributed by atoms with Crippen molar-refractivity contribution in [3.8, 4) is 0 Å². The summed E-state index contributed by atoms with van der Waals surface area (Å²) in [4.78, 5) is 0. The fourth-order valence-electron chi connectivity index (χ4n) is 0.722. The zero-order valence-corrected chi connectivity index (χ0v) is 7.69. The second-order valence-corrected chi connectivity index (χ2v) is 4.24. The van der Waals surface area contributed by atoms with Crippen molar-refractivity contribution in [2.75, 3.05) is 30.5 Å². The molecule has 0 aromatic heterocycles. The first-order valence-corrected chi connectivity index (χ1v) is 5.77. The van der Waals surface area contributed by atoms with Gasteiger partial charge in [-0.15, -0.1) is 11.8 Å². The standard InChI is InChI=1S/2C3H7NS/c1-2-5-3-4-1;1-2-4-5-3-1/h2*4H,1-3H2. The Labute approximate surface area is 71.0 Å². The number of hydrogen-bond acceptors (Lipinski definition) is 4. The van der Waals surface area contributed by atoms with E-state index in [1.54, 1.807) is 0 Å². The maximum atomic E-state index is 3.19. The quantitative estimate of drug-likeness (QED) is 0.538. The minimum atomic E-state index is 1.17. The van der Waals surface area contributed by atoms with E-state index >= 15 is 0 Å². The highest BCUT2D eigenvalue weighted by Crippen LogP contribution is 2.02. The van der Waals surface area contributed by atoms with Crippen molar-refractivity contribution in [2.24, 2.45) is 0 Å². The third-order valence-corrected chi connectivity index (χ3v) is 3.06. The predicted octanol–water partition coefficient (Wildman–Crippen LogP) is 0.908. The Hall–Kier alpha value is 0.620. The molecule has 0 aliphatic carbocycles. The summed E-state index contributed by atoms with van der Waals surface area (Å²) in [5.74, 6) is 3.78. The zero-order chi connectivity index (χ0) is 7.07. The highest BCUT2D eigenvalue weighted by molar-refractivity contribution is 7.99. The van der Waals surface area contributed by atoms with E-state index in [1.165, 1.54) is 36.9 Å². The van der Waals surface area contributed by atoms with Gasteiger partial charge in [-0.05, 0) is 6.42 Å². The predicted molar refractivity (Wildman–Crippen MR) is 50.4 cm³/mol. The second-order valence-electron chi connectivity index (χ2n) is 2.15. The van der Waals surface area contributed by atoms with Gasteiger partial charge in [0.1, 0.15) is 0 Å².